The number of rotatable bonds is 5. The van der Waals surface area contributed by atoms with Crippen molar-refractivity contribution >= 4 is 5.82 Å². The van der Waals surface area contributed by atoms with Gasteiger partial charge in [0.25, 0.3) is 0 Å². The predicted octanol–water partition coefficient (Wildman–Crippen LogP) is 4.25. The highest BCUT2D eigenvalue weighted by Gasteiger charge is 2.27. The fourth-order valence-corrected chi connectivity index (χ4v) is 2.52. The van der Waals surface area contributed by atoms with E-state index in [1.165, 1.54) is 12.8 Å². The molecule has 0 radical (unpaired) electrons. The Balaban J connectivity index is 1.89. The SMILES string of the molecule is CCCNc1cc(OC2CCC(C)(C)CC2)ccn1. The van der Waals surface area contributed by atoms with Crippen LogP contribution in [0.5, 0.6) is 5.75 Å². The molecule has 1 aromatic heterocycles. The Labute approximate surface area is 116 Å². The number of anilines is 1. The maximum Gasteiger partial charge on any atom is 0.129 e. The third kappa shape index (κ3) is 4.41. The van der Waals surface area contributed by atoms with Gasteiger partial charge >= 0.3 is 0 Å². The molecule has 1 aromatic rings. The van der Waals surface area contributed by atoms with Gasteiger partial charge in [0.1, 0.15) is 11.6 Å². The first-order chi connectivity index (χ1) is 9.09. The fourth-order valence-electron chi connectivity index (χ4n) is 2.52. The molecule has 0 unspecified atom stereocenters. The Bertz CT molecular complexity index is 393. The lowest BCUT2D eigenvalue weighted by Gasteiger charge is -2.34. The van der Waals surface area contributed by atoms with Crippen molar-refractivity contribution in [2.24, 2.45) is 5.41 Å². The van der Waals surface area contributed by atoms with Crippen molar-refractivity contribution in [3.05, 3.63) is 18.3 Å². The molecule has 3 nitrogen and oxygen atoms in total. The van der Waals surface area contributed by atoms with Crippen LogP contribution < -0.4 is 10.1 Å². The van der Waals surface area contributed by atoms with Crippen LogP contribution in [-0.2, 0) is 0 Å². The fraction of sp³-hybridized carbons (Fsp3) is 0.688. The predicted molar refractivity (Wildman–Crippen MR) is 79.7 cm³/mol. The Morgan fingerprint density at radius 3 is 2.79 bits per heavy atom. The van der Waals surface area contributed by atoms with E-state index in [9.17, 15) is 0 Å². The van der Waals surface area contributed by atoms with Crippen LogP contribution in [0.15, 0.2) is 18.3 Å². The second kappa shape index (κ2) is 6.27. The summed E-state index contributed by atoms with van der Waals surface area (Å²) < 4.78 is 6.09. The summed E-state index contributed by atoms with van der Waals surface area (Å²) in [6.07, 6.45) is 8.12. The lowest BCUT2D eigenvalue weighted by molar-refractivity contribution is 0.0987. The van der Waals surface area contributed by atoms with Gasteiger partial charge < -0.3 is 10.1 Å². The highest BCUT2D eigenvalue weighted by Crippen LogP contribution is 2.36. The largest absolute Gasteiger partial charge is 0.490 e. The summed E-state index contributed by atoms with van der Waals surface area (Å²) in [6.45, 7) is 7.80. The van der Waals surface area contributed by atoms with Crippen molar-refractivity contribution in [2.75, 3.05) is 11.9 Å². The van der Waals surface area contributed by atoms with Crippen LogP contribution in [0, 0.1) is 5.41 Å². The molecule has 0 spiro atoms. The smallest absolute Gasteiger partial charge is 0.129 e. The zero-order valence-corrected chi connectivity index (χ0v) is 12.4. The van der Waals surface area contributed by atoms with Gasteiger partial charge in [0, 0.05) is 18.8 Å². The summed E-state index contributed by atoms with van der Waals surface area (Å²) in [4.78, 5) is 4.30. The van der Waals surface area contributed by atoms with Crippen LogP contribution in [-0.4, -0.2) is 17.6 Å². The Hall–Kier alpha value is -1.25. The van der Waals surface area contributed by atoms with Crippen LogP contribution in [0.3, 0.4) is 0 Å². The third-order valence-corrected chi connectivity index (χ3v) is 3.88. The molecule has 3 heteroatoms. The summed E-state index contributed by atoms with van der Waals surface area (Å²) >= 11 is 0. The highest BCUT2D eigenvalue weighted by molar-refractivity contribution is 5.40. The van der Waals surface area contributed by atoms with Gasteiger partial charge in [-0.05, 0) is 43.6 Å². The maximum atomic E-state index is 6.09. The van der Waals surface area contributed by atoms with Gasteiger partial charge in [-0.15, -0.1) is 0 Å². The molecule has 1 saturated carbocycles. The monoisotopic (exact) mass is 262 g/mol. The molecular weight excluding hydrogens is 236 g/mol. The van der Waals surface area contributed by atoms with Crippen molar-refractivity contribution in [1.29, 1.82) is 0 Å². The topological polar surface area (TPSA) is 34.1 Å². The molecule has 0 aromatic carbocycles. The number of hydrogen-bond donors (Lipinski definition) is 1. The van der Waals surface area contributed by atoms with Crippen molar-refractivity contribution < 1.29 is 4.74 Å². The molecule has 0 bridgehead atoms. The van der Waals surface area contributed by atoms with Gasteiger partial charge in [-0.3, -0.25) is 0 Å². The maximum absolute atomic E-state index is 6.09. The van der Waals surface area contributed by atoms with Gasteiger partial charge in [-0.1, -0.05) is 20.8 Å². The molecule has 2 rings (SSSR count). The third-order valence-electron chi connectivity index (χ3n) is 3.88. The van der Waals surface area contributed by atoms with Crippen LogP contribution in [0.4, 0.5) is 5.82 Å². The quantitative estimate of drug-likeness (QED) is 0.861. The van der Waals surface area contributed by atoms with Gasteiger partial charge in [0.2, 0.25) is 0 Å². The minimum absolute atomic E-state index is 0.370. The number of nitrogens with zero attached hydrogens (tertiary/aromatic N) is 1. The molecule has 0 saturated heterocycles. The summed E-state index contributed by atoms with van der Waals surface area (Å²) in [5.74, 6) is 1.86. The van der Waals surface area contributed by atoms with E-state index in [-0.39, 0.29) is 0 Å². The molecule has 0 aliphatic heterocycles. The molecule has 1 aliphatic rings. The Morgan fingerprint density at radius 2 is 2.11 bits per heavy atom. The first-order valence-electron chi connectivity index (χ1n) is 7.46. The zero-order chi connectivity index (χ0) is 13.7. The first kappa shape index (κ1) is 14.2. The molecule has 0 amide bonds. The van der Waals surface area contributed by atoms with Crippen LogP contribution in [0.1, 0.15) is 52.9 Å². The van der Waals surface area contributed by atoms with E-state index >= 15 is 0 Å². The molecular formula is C16H26N2O. The molecule has 0 atom stereocenters. The van der Waals surface area contributed by atoms with E-state index in [2.05, 4.69) is 31.1 Å². The molecule has 1 aliphatic carbocycles. The van der Waals surface area contributed by atoms with E-state index in [1.54, 1.807) is 0 Å². The minimum Gasteiger partial charge on any atom is -0.490 e. The average Bonchev–Trinajstić information content (AvgIpc) is 2.39. The lowest BCUT2D eigenvalue weighted by atomic mass is 9.76. The van der Waals surface area contributed by atoms with Gasteiger partial charge in [-0.2, -0.15) is 0 Å². The van der Waals surface area contributed by atoms with Crippen LogP contribution >= 0.6 is 0 Å². The van der Waals surface area contributed by atoms with Crippen molar-refractivity contribution in [1.82, 2.24) is 4.98 Å². The van der Waals surface area contributed by atoms with Crippen LogP contribution in [0.2, 0.25) is 0 Å². The number of nitrogens with one attached hydrogen (secondary N) is 1. The van der Waals surface area contributed by atoms with Crippen molar-refractivity contribution in [3.63, 3.8) is 0 Å². The van der Waals surface area contributed by atoms with E-state index in [0.717, 1.165) is 37.4 Å². The molecule has 106 valence electrons. The summed E-state index contributed by atoms with van der Waals surface area (Å²) in [7, 11) is 0. The molecule has 1 heterocycles. The first-order valence-corrected chi connectivity index (χ1v) is 7.46. The second-order valence-corrected chi connectivity index (χ2v) is 6.28. The summed E-state index contributed by atoms with van der Waals surface area (Å²) in [5, 5.41) is 3.29. The van der Waals surface area contributed by atoms with Gasteiger partial charge in [-0.25, -0.2) is 4.98 Å². The number of hydrogen-bond acceptors (Lipinski definition) is 3. The van der Waals surface area contributed by atoms with Crippen molar-refractivity contribution in [3.8, 4) is 5.75 Å². The van der Waals surface area contributed by atoms with E-state index in [4.69, 9.17) is 4.74 Å². The number of ether oxygens (including phenoxy) is 1. The van der Waals surface area contributed by atoms with E-state index < -0.39 is 0 Å². The second-order valence-electron chi connectivity index (χ2n) is 6.28. The normalized spacial score (nSPS) is 19.1. The molecule has 1 fully saturated rings. The standard InChI is InChI=1S/C16H26N2O/c1-4-10-17-15-12-14(7-11-18-15)19-13-5-8-16(2,3)9-6-13/h7,11-13H,4-6,8-10H2,1-3H3,(H,17,18). The number of aromatic nitrogens is 1. The van der Waals surface area contributed by atoms with Gasteiger partial charge in [0.05, 0.1) is 6.10 Å². The minimum atomic E-state index is 0.370. The lowest BCUT2D eigenvalue weighted by Crippen LogP contribution is -2.28. The number of pyridine rings is 1. The average molecular weight is 262 g/mol. The van der Waals surface area contributed by atoms with E-state index in [0.29, 0.717) is 11.5 Å². The van der Waals surface area contributed by atoms with E-state index in [1.807, 2.05) is 18.3 Å². The Morgan fingerprint density at radius 1 is 1.37 bits per heavy atom. The highest BCUT2D eigenvalue weighted by atomic mass is 16.5. The summed E-state index contributed by atoms with van der Waals surface area (Å²) in [6, 6.07) is 3.96. The van der Waals surface area contributed by atoms with Crippen LogP contribution in [0.25, 0.3) is 0 Å². The van der Waals surface area contributed by atoms with Crippen molar-refractivity contribution in [2.45, 2.75) is 59.0 Å². The molecule has 1 N–H and O–H groups in total. The summed E-state index contributed by atoms with van der Waals surface area (Å²) in [5.41, 5.74) is 0.492. The van der Waals surface area contributed by atoms with Gasteiger partial charge in [0.15, 0.2) is 0 Å². The Kier molecular flexibility index (Phi) is 4.67. The molecule has 19 heavy (non-hydrogen) atoms. The zero-order valence-electron chi connectivity index (χ0n) is 12.4.